The fourth-order valence-electron chi connectivity index (χ4n) is 2.55. The molecule has 2 fully saturated rings. The lowest BCUT2D eigenvalue weighted by molar-refractivity contribution is 0.712. The van der Waals surface area contributed by atoms with E-state index in [4.69, 9.17) is 0 Å². The van der Waals surface area contributed by atoms with Crippen molar-refractivity contribution in [2.45, 2.75) is 51.4 Å². The van der Waals surface area contributed by atoms with Crippen LogP contribution in [0.25, 0.3) is 0 Å². The molecule has 0 nitrogen and oxygen atoms in total. The number of hydrogen-bond acceptors (Lipinski definition) is 0. The molecule has 92 valence electrons. The molecule has 0 radical (unpaired) electrons. The third-order valence-corrected chi connectivity index (χ3v) is 5.58. The minimum absolute atomic E-state index is 1.06. The fourth-order valence-corrected chi connectivity index (χ4v) is 3.45. The Morgan fingerprint density at radius 1 is 0.882 bits per heavy atom. The van der Waals surface area contributed by atoms with Gasteiger partial charge < -0.3 is 0 Å². The summed E-state index contributed by atoms with van der Waals surface area (Å²) in [5, 5.41) is 0. The maximum Gasteiger partial charge on any atom is 0.0194 e. The Balaban J connectivity index is 1.62. The smallest absolute Gasteiger partial charge is 0.0194 e. The number of hydrogen-bond donors (Lipinski definition) is 0. The van der Waals surface area contributed by atoms with Gasteiger partial charge in [0.05, 0.1) is 0 Å². The molecule has 0 atom stereocenters. The van der Waals surface area contributed by atoms with E-state index in [0.29, 0.717) is 0 Å². The van der Waals surface area contributed by atoms with Crippen molar-refractivity contribution in [1.82, 2.24) is 0 Å². The molecular weight excluding hydrogens is 319 g/mol. The van der Waals surface area contributed by atoms with E-state index in [1.54, 1.807) is 14.7 Å². The highest BCUT2D eigenvalue weighted by Crippen LogP contribution is 2.36. The highest BCUT2D eigenvalue weighted by molar-refractivity contribution is 14.1. The van der Waals surface area contributed by atoms with E-state index in [1.165, 1.54) is 51.4 Å². The lowest BCUT2D eigenvalue weighted by Gasteiger charge is -2.09. The molecule has 0 amide bonds. The van der Waals surface area contributed by atoms with Crippen LogP contribution in [0.2, 0.25) is 0 Å². The minimum atomic E-state index is 1.06. The highest BCUT2D eigenvalue weighted by atomic mass is 127. The Labute approximate surface area is 118 Å². The number of rotatable bonds is 6. The van der Waals surface area contributed by atoms with Gasteiger partial charge in [-0.15, -0.1) is 0 Å². The van der Waals surface area contributed by atoms with Gasteiger partial charge in [0.2, 0.25) is 0 Å². The van der Waals surface area contributed by atoms with Gasteiger partial charge in [-0.25, -0.2) is 0 Å². The van der Waals surface area contributed by atoms with Crippen molar-refractivity contribution in [3.8, 4) is 0 Å². The lowest BCUT2D eigenvalue weighted by atomic mass is 10.0. The summed E-state index contributed by atoms with van der Waals surface area (Å²) in [7, 11) is 0. The minimum Gasteiger partial charge on any atom is -0.0616 e. The maximum absolute atomic E-state index is 2.58. The van der Waals surface area contributed by atoms with Gasteiger partial charge in [0.25, 0.3) is 0 Å². The normalized spacial score (nSPS) is 19.6. The molecule has 0 aliphatic heterocycles. The summed E-state index contributed by atoms with van der Waals surface area (Å²) >= 11 is 2.58. The van der Waals surface area contributed by atoms with E-state index in [9.17, 15) is 0 Å². The van der Waals surface area contributed by atoms with Crippen LogP contribution in [0.3, 0.4) is 0 Å². The lowest BCUT2D eigenvalue weighted by Crippen LogP contribution is -1.97. The van der Waals surface area contributed by atoms with Crippen LogP contribution in [-0.4, -0.2) is 0 Å². The quantitative estimate of drug-likeness (QED) is 0.641. The molecular formula is C16H21I. The Bertz CT molecular complexity index is 354. The molecule has 2 aliphatic rings. The van der Waals surface area contributed by atoms with Crippen molar-refractivity contribution in [1.29, 1.82) is 0 Å². The predicted octanol–water partition coefficient (Wildman–Crippen LogP) is 4.98. The first-order valence-corrected chi connectivity index (χ1v) is 8.17. The van der Waals surface area contributed by atoms with E-state index in [2.05, 4.69) is 40.8 Å². The Kier molecular flexibility index (Phi) is 3.74. The summed E-state index contributed by atoms with van der Waals surface area (Å²) in [5.41, 5.74) is 3.21. The molecule has 17 heavy (non-hydrogen) atoms. The van der Waals surface area contributed by atoms with Crippen LogP contribution < -0.4 is 0 Å². The van der Waals surface area contributed by atoms with Crippen molar-refractivity contribution in [3.05, 3.63) is 32.9 Å². The van der Waals surface area contributed by atoms with Crippen molar-refractivity contribution in [3.63, 3.8) is 0 Å². The number of aryl methyl sites for hydroxylation is 2. The van der Waals surface area contributed by atoms with Gasteiger partial charge in [0.15, 0.2) is 0 Å². The standard InChI is InChI=1S/C16H21I/c17-16-14(10-8-12-4-5-12)2-1-3-15(16)11-9-13-6-7-13/h1-3,12-13H,4-11H2. The summed E-state index contributed by atoms with van der Waals surface area (Å²) in [6, 6.07) is 6.95. The molecule has 3 rings (SSSR count). The van der Waals surface area contributed by atoms with Gasteiger partial charge in [-0.1, -0.05) is 43.9 Å². The van der Waals surface area contributed by atoms with E-state index in [-0.39, 0.29) is 0 Å². The molecule has 0 N–H and O–H groups in total. The van der Waals surface area contributed by atoms with Crippen LogP contribution in [0.1, 0.15) is 49.7 Å². The highest BCUT2D eigenvalue weighted by Gasteiger charge is 2.22. The molecule has 0 saturated heterocycles. The van der Waals surface area contributed by atoms with Crippen molar-refractivity contribution < 1.29 is 0 Å². The SMILES string of the molecule is Ic1c(CCC2CC2)cccc1CCC1CC1. The van der Waals surface area contributed by atoms with E-state index in [0.717, 1.165) is 11.8 Å². The summed E-state index contributed by atoms with van der Waals surface area (Å²) in [5.74, 6) is 2.11. The van der Waals surface area contributed by atoms with Crippen LogP contribution in [0.15, 0.2) is 18.2 Å². The molecule has 1 aromatic carbocycles. The topological polar surface area (TPSA) is 0 Å². The first-order chi connectivity index (χ1) is 8.33. The summed E-state index contributed by atoms with van der Waals surface area (Å²) in [6.07, 6.45) is 11.4. The molecule has 2 aliphatic carbocycles. The molecule has 0 unspecified atom stereocenters. The van der Waals surface area contributed by atoms with Crippen LogP contribution >= 0.6 is 22.6 Å². The zero-order chi connectivity index (χ0) is 11.7. The zero-order valence-corrected chi connectivity index (χ0v) is 12.6. The largest absolute Gasteiger partial charge is 0.0616 e. The third kappa shape index (κ3) is 3.46. The Morgan fingerprint density at radius 3 is 1.76 bits per heavy atom. The van der Waals surface area contributed by atoms with Gasteiger partial charge in [-0.2, -0.15) is 0 Å². The average Bonchev–Trinajstić information content (AvgIpc) is 3.20. The maximum atomic E-state index is 2.58. The molecule has 1 aromatic rings. The second-order valence-corrected chi connectivity index (χ2v) is 6.93. The van der Waals surface area contributed by atoms with Crippen LogP contribution in [0.4, 0.5) is 0 Å². The molecule has 0 spiro atoms. The van der Waals surface area contributed by atoms with Gasteiger partial charge in [0.1, 0.15) is 0 Å². The summed E-state index contributed by atoms with van der Waals surface area (Å²) in [6.45, 7) is 0. The first kappa shape index (κ1) is 12.0. The van der Waals surface area contributed by atoms with Crippen molar-refractivity contribution >= 4 is 22.6 Å². The van der Waals surface area contributed by atoms with Crippen molar-refractivity contribution in [2.24, 2.45) is 11.8 Å². The third-order valence-electron chi connectivity index (χ3n) is 4.20. The summed E-state index contributed by atoms with van der Waals surface area (Å²) < 4.78 is 1.56. The number of benzene rings is 1. The van der Waals surface area contributed by atoms with Gasteiger partial charge >= 0.3 is 0 Å². The molecule has 0 aromatic heterocycles. The summed E-state index contributed by atoms with van der Waals surface area (Å²) in [4.78, 5) is 0. The Hall–Kier alpha value is -0.0500. The van der Waals surface area contributed by atoms with Crippen LogP contribution in [0, 0.1) is 15.4 Å². The molecule has 1 heteroatoms. The van der Waals surface area contributed by atoms with Crippen molar-refractivity contribution in [2.75, 3.05) is 0 Å². The fraction of sp³-hybridized carbons (Fsp3) is 0.625. The van der Waals surface area contributed by atoms with E-state index < -0.39 is 0 Å². The Morgan fingerprint density at radius 2 is 1.35 bits per heavy atom. The first-order valence-electron chi connectivity index (χ1n) is 7.09. The van der Waals surface area contributed by atoms with E-state index in [1.807, 2.05) is 0 Å². The van der Waals surface area contributed by atoms with Gasteiger partial charge in [-0.05, 0) is 71.2 Å². The zero-order valence-electron chi connectivity index (χ0n) is 10.4. The predicted molar refractivity (Wildman–Crippen MR) is 81.2 cm³/mol. The van der Waals surface area contributed by atoms with Crippen LogP contribution in [-0.2, 0) is 12.8 Å². The molecule has 0 bridgehead atoms. The van der Waals surface area contributed by atoms with E-state index >= 15 is 0 Å². The molecule has 2 saturated carbocycles. The average molecular weight is 340 g/mol. The second kappa shape index (κ2) is 5.29. The second-order valence-electron chi connectivity index (χ2n) is 5.85. The molecule has 0 heterocycles. The van der Waals surface area contributed by atoms with Gasteiger partial charge in [0, 0.05) is 3.57 Å². The van der Waals surface area contributed by atoms with Gasteiger partial charge in [-0.3, -0.25) is 0 Å². The van der Waals surface area contributed by atoms with Crippen LogP contribution in [0.5, 0.6) is 0 Å². The monoisotopic (exact) mass is 340 g/mol. The number of halogens is 1.